The van der Waals surface area contributed by atoms with Gasteiger partial charge >= 0.3 is 0 Å². The highest BCUT2D eigenvalue weighted by atomic mass is 16.2. The van der Waals surface area contributed by atoms with E-state index < -0.39 is 0 Å². The fourth-order valence-electron chi connectivity index (χ4n) is 2.95. The van der Waals surface area contributed by atoms with Gasteiger partial charge in [-0.25, -0.2) is 0 Å². The summed E-state index contributed by atoms with van der Waals surface area (Å²) in [6, 6.07) is 22.0. The van der Waals surface area contributed by atoms with Crippen molar-refractivity contribution in [2.24, 2.45) is 10.2 Å². The fourth-order valence-corrected chi connectivity index (χ4v) is 2.95. The summed E-state index contributed by atoms with van der Waals surface area (Å²) in [6.07, 6.45) is 3.34. The van der Waals surface area contributed by atoms with Gasteiger partial charge in [0.25, 0.3) is 5.91 Å². The van der Waals surface area contributed by atoms with Crippen LogP contribution in [0.3, 0.4) is 0 Å². The minimum absolute atomic E-state index is 0.120. The molecule has 2 amide bonds. The zero-order chi connectivity index (χ0) is 22.1. The summed E-state index contributed by atoms with van der Waals surface area (Å²) >= 11 is 0. The Kier molecular flexibility index (Phi) is 7.65. The molecule has 0 saturated carbocycles. The van der Waals surface area contributed by atoms with Gasteiger partial charge in [0, 0.05) is 23.9 Å². The van der Waals surface area contributed by atoms with Gasteiger partial charge in [-0.2, -0.15) is 10.2 Å². The average Bonchev–Trinajstić information content (AvgIpc) is 2.78. The number of carbonyl (C=O) groups excluding carboxylic acids is 2. The van der Waals surface area contributed by atoms with E-state index in [1.165, 1.54) is 12.5 Å². The summed E-state index contributed by atoms with van der Waals surface area (Å²) < 4.78 is 0. The molecule has 0 spiro atoms. The third-order valence-corrected chi connectivity index (χ3v) is 4.63. The predicted octanol–water partition coefficient (Wildman–Crippen LogP) is 6.66. The number of hydrogen-bond donors (Lipinski definition) is 2. The maximum absolute atomic E-state index is 12.5. The van der Waals surface area contributed by atoms with Crippen LogP contribution in [-0.2, 0) is 11.2 Å². The molecule has 6 heteroatoms. The van der Waals surface area contributed by atoms with Crippen molar-refractivity contribution < 1.29 is 9.59 Å². The molecule has 6 nitrogen and oxygen atoms in total. The quantitative estimate of drug-likeness (QED) is 0.404. The Morgan fingerprint density at radius 1 is 0.742 bits per heavy atom. The third-order valence-electron chi connectivity index (χ3n) is 4.63. The van der Waals surface area contributed by atoms with E-state index in [1.54, 1.807) is 48.5 Å². The lowest BCUT2D eigenvalue weighted by atomic mass is 10.1. The summed E-state index contributed by atoms with van der Waals surface area (Å²) in [5, 5.41) is 14.0. The van der Waals surface area contributed by atoms with Crippen LogP contribution in [-0.4, -0.2) is 11.8 Å². The molecule has 0 aliphatic carbocycles. The maximum atomic E-state index is 12.5. The van der Waals surface area contributed by atoms with E-state index in [9.17, 15) is 9.59 Å². The van der Waals surface area contributed by atoms with Crippen LogP contribution in [0, 0.1) is 0 Å². The first kappa shape index (κ1) is 21.9. The summed E-state index contributed by atoms with van der Waals surface area (Å²) in [7, 11) is 0. The highest BCUT2D eigenvalue weighted by Crippen LogP contribution is 2.22. The first-order valence-electron chi connectivity index (χ1n) is 10.3. The van der Waals surface area contributed by atoms with Gasteiger partial charge in [-0.05, 0) is 79.1 Å². The molecule has 0 unspecified atom stereocenters. The highest BCUT2D eigenvalue weighted by molar-refractivity contribution is 6.04. The number of aryl methyl sites for hydroxylation is 1. The van der Waals surface area contributed by atoms with E-state index in [0.717, 1.165) is 19.3 Å². The van der Waals surface area contributed by atoms with Crippen LogP contribution >= 0.6 is 0 Å². The molecule has 158 valence electrons. The Hall–Kier alpha value is -3.80. The van der Waals surface area contributed by atoms with Crippen LogP contribution in [0.1, 0.15) is 42.6 Å². The smallest absolute Gasteiger partial charge is 0.255 e. The molecule has 0 radical (unpaired) electrons. The monoisotopic (exact) mass is 414 g/mol. The van der Waals surface area contributed by atoms with Gasteiger partial charge in [0.2, 0.25) is 5.91 Å². The molecule has 3 rings (SSSR count). The number of carbonyl (C=O) groups is 2. The number of nitrogens with one attached hydrogen (secondary N) is 2. The molecule has 0 fully saturated rings. The number of amides is 2. The number of nitrogens with zero attached hydrogens (tertiary/aromatic N) is 2. The van der Waals surface area contributed by atoms with Crippen LogP contribution < -0.4 is 10.6 Å². The van der Waals surface area contributed by atoms with Gasteiger partial charge in [0.15, 0.2) is 0 Å². The van der Waals surface area contributed by atoms with Crippen LogP contribution in [0.2, 0.25) is 0 Å². The second-order valence-corrected chi connectivity index (χ2v) is 7.23. The van der Waals surface area contributed by atoms with Crippen molar-refractivity contribution in [3.05, 3.63) is 83.9 Å². The minimum Gasteiger partial charge on any atom is -0.326 e. The number of azo groups is 1. The normalized spacial score (nSPS) is 10.8. The highest BCUT2D eigenvalue weighted by Gasteiger charge is 2.06. The molecular formula is C25H26N4O2. The zero-order valence-corrected chi connectivity index (χ0v) is 17.8. The molecule has 0 aliphatic heterocycles. The Balaban J connectivity index is 1.56. The molecule has 2 N–H and O–H groups in total. The van der Waals surface area contributed by atoms with Crippen molar-refractivity contribution in [2.75, 3.05) is 10.6 Å². The second-order valence-electron chi connectivity index (χ2n) is 7.23. The fraction of sp³-hybridized carbons (Fsp3) is 0.200. The number of benzene rings is 3. The van der Waals surface area contributed by atoms with E-state index in [4.69, 9.17) is 0 Å². The van der Waals surface area contributed by atoms with Crippen molar-refractivity contribution in [3.8, 4) is 0 Å². The van der Waals surface area contributed by atoms with E-state index >= 15 is 0 Å². The topological polar surface area (TPSA) is 82.9 Å². The van der Waals surface area contributed by atoms with Crippen molar-refractivity contribution in [1.29, 1.82) is 0 Å². The van der Waals surface area contributed by atoms with Gasteiger partial charge in [0.05, 0.1) is 11.4 Å². The second kappa shape index (κ2) is 10.8. The van der Waals surface area contributed by atoms with E-state index in [-0.39, 0.29) is 11.8 Å². The lowest BCUT2D eigenvalue weighted by molar-refractivity contribution is -0.114. The minimum atomic E-state index is -0.143. The lowest BCUT2D eigenvalue weighted by Crippen LogP contribution is -2.11. The summed E-state index contributed by atoms with van der Waals surface area (Å²) in [5.74, 6) is -0.263. The first-order chi connectivity index (χ1) is 15.0. The van der Waals surface area contributed by atoms with Gasteiger partial charge in [-0.15, -0.1) is 0 Å². The van der Waals surface area contributed by atoms with Crippen molar-refractivity contribution >= 4 is 34.6 Å². The SMILES string of the molecule is CCCCc1ccc(C(=O)Nc2ccc(N=Nc3ccc(NC(C)=O)cc3)cc2)cc1. The molecule has 0 aliphatic rings. The third kappa shape index (κ3) is 6.89. The first-order valence-corrected chi connectivity index (χ1v) is 10.3. The largest absolute Gasteiger partial charge is 0.326 e. The molecule has 0 bridgehead atoms. The van der Waals surface area contributed by atoms with Gasteiger partial charge < -0.3 is 10.6 Å². The molecule has 3 aromatic carbocycles. The molecule has 0 atom stereocenters. The number of rotatable bonds is 8. The number of anilines is 2. The van der Waals surface area contributed by atoms with E-state index in [0.29, 0.717) is 28.3 Å². The van der Waals surface area contributed by atoms with Gasteiger partial charge in [-0.1, -0.05) is 25.5 Å². The molecular weight excluding hydrogens is 388 g/mol. The van der Waals surface area contributed by atoms with Crippen LogP contribution in [0.25, 0.3) is 0 Å². The van der Waals surface area contributed by atoms with Crippen molar-refractivity contribution in [1.82, 2.24) is 0 Å². The van der Waals surface area contributed by atoms with Crippen molar-refractivity contribution in [2.45, 2.75) is 33.1 Å². The number of hydrogen-bond acceptors (Lipinski definition) is 4. The Labute approximate surface area is 182 Å². The van der Waals surface area contributed by atoms with E-state index in [2.05, 4.69) is 27.8 Å². The predicted molar refractivity (Wildman–Crippen MR) is 124 cm³/mol. The van der Waals surface area contributed by atoms with Crippen LogP contribution in [0.4, 0.5) is 22.7 Å². The summed E-state index contributed by atoms with van der Waals surface area (Å²) in [4.78, 5) is 23.5. The molecule has 31 heavy (non-hydrogen) atoms. The summed E-state index contributed by atoms with van der Waals surface area (Å²) in [5.41, 5.74) is 4.63. The summed E-state index contributed by atoms with van der Waals surface area (Å²) in [6.45, 7) is 3.63. The Morgan fingerprint density at radius 3 is 1.74 bits per heavy atom. The van der Waals surface area contributed by atoms with Gasteiger partial charge in [0.1, 0.15) is 0 Å². The lowest BCUT2D eigenvalue weighted by Gasteiger charge is -2.06. The van der Waals surface area contributed by atoms with Crippen LogP contribution in [0.5, 0.6) is 0 Å². The molecule has 0 saturated heterocycles. The molecule has 3 aromatic rings. The average molecular weight is 415 g/mol. The Morgan fingerprint density at radius 2 is 1.26 bits per heavy atom. The van der Waals surface area contributed by atoms with E-state index in [1.807, 2.05) is 24.3 Å². The maximum Gasteiger partial charge on any atom is 0.255 e. The zero-order valence-electron chi connectivity index (χ0n) is 17.8. The standard InChI is InChI=1S/C25H26N4O2/c1-3-4-5-19-6-8-20(9-7-19)25(31)27-22-12-16-24(17-13-22)29-28-23-14-10-21(11-15-23)26-18(2)30/h6-17H,3-5H2,1-2H3,(H,26,30)(H,27,31). The number of unbranched alkanes of at least 4 members (excludes halogenated alkanes) is 1. The Bertz CT molecular complexity index is 1040. The van der Waals surface area contributed by atoms with Crippen LogP contribution in [0.15, 0.2) is 83.0 Å². The van der Waals surface area contributed by atoms with Crippen molar-refractivity contribution in [3.63, 3.8) is 0 Å². The van der Waals surface area contributed by atoms with Gasteiger partial charge in [-0.3, -0.25) is 9.59 Å². The molecule has 0 aromatic heterocycles. The molecule has 0 heterocycles.